The first-order valence-corrected chi connectivity index (χ1v) is 10.7. The van der Waals surface area contributed by atoms with Crippen LogP contribution in [0, 0.1) is 0 Å². The van der Waals surface area contributed by atoms with Gasteiger partial charge in [-0.25, -0.2) is 0 Å². The Morgan fingerprint density at radius 3 is 2.53 bits per heavy atom. The third-order valence-electron chi connectivity index (χ3n) is 5.28. The number of hydrogen-bond donors (Lipinski definition) is 1. The molecular formula is C25H23ClN2O4. The standard InChI is InChI=1S/C25H23ClN2O4/c1-31-23-15-17(8-13-22(23)32-16-18-5-2-3-6-21(18)26)25(30)27-19-9-11-20(12-10-19)28-14-4-7-24(28)29/h2-3,5-6,8-13,15H,4,7,14,16H2,1H3,(H,27,30). The third-order valence-corrected chi connectivity index (χ3v) is 5.65. The van der Waals surface area contributed by atoms with Crippen molar-refractivity contribution < 1.29 is 19.1 Å². The van der Waals surface area contributed by atoms with Gasteiger partial charge in [0.15, 0.2) is 11.5 Å². The highest BCUT2D eigenvalue weighted by Crippen LogP contribution is 2.30. The van der Waals surface area contributed by atoms with Crippen molar-refractivity contribution in [3.63, 3.8) is 0 Å². The number of methoxy groups -OCH3 is 1. The molecule has 0 saturated carbocycles. The fourth-order valence-corrected chi connectivity index (χ4v) is 3.74. The second-order valence-electron chi connectivity index (χ2n) is 7.40. The van der Waals surface area contributed by atoms with E-state index in [0.29, 0.717) is 34.2 Å². The minimum absolute atomic E-state index is 0.130. The van der Waals surface area contributed by atoms with E-state index in [1.807, 2.05) is 30.3 Å². The Bertz CT molecular complexity index is 1130. The number of amides is 2. The Hall–Kier alpha value is -3.51. The van der Waals surface area contributed by atoms with Gasteiger partial charge >= 0.3 is 0 Å². The van der Waals surface area contributed by atoms with Crippen LogP contribution in [0.1, 0.15) is 28.8 Å². The molecular weight excluding hydrogens is 428 g/mol. The highest BCUT2D eigenvalue weighted by atomic mass is 35.5. The number of rotatable bonds is 7. The van der Waals surface area contributed by atoms with Crippen molar-refractivity contribution in [1.82, 2.24) is 0 Å². The molecule has 0 aromatic heterocycles. The summed E-state index contributed by atoms with van der Waals surface area (Å²) in [6.07, 6.45) is 1.45. The van der Waals surface area contributed by atoms with Crippen LogP contribution < -0.4 is 19.7 Å². The molecule has 6 nitrogen and oxygen atoms in total. The van der Waals surface area contributed by atoms with Crippen molar-refractivity contribution >= 4 is 34.8 Å². The van der Waals surface area contributed by atoms with Gasteiger partial charge in [-0.15, -0.1) is 0 Å². The predicted molar refractivity (Wildman–Crippen MR) is 125 cm³/mol. The monoisotopic (exact) mass is 450 g/mol. The van der Waals surface area contributed by atoms with Crippen molar-refractivity contribution in [2.75, 3.05) is 23.9 Å². The van der Waals surface area contributed by atoms with Gasteiger partial charge in [-0.3, -0.25) is 9.59 Å². The molecule has 7 heteroatoms. The molecule has 0 aliphatic carbocycles. The molecule has 2 amide bonds. The summed E-state index contributed by atoms with van der Waals surface area (Å²) in [5.74, 6) is 0.827. The highest BCUT2D eigenvalue weighted by Gasteiger charge is 2.21. The number of halogens is 1. The minimum Gasteiger partial charge on any atom is -0.493 e. The lowest BCUT2D eigenvalue weighted by atomic mass is 10.1. The molecule has 1 fully saturated rings. The Labute approximate surface area is 191 Å². The van der Waals surface area contributed by atoms with Crippen LogP contribution in [0.3, 0.4) is 0 Å². The largest absolute Gasteiger partial charge is 0.493 e. The van der Waals surface area contributed by atoms with Gasteiger partial charge in [-0.1, -0.05) is 29.8 Å². The molecule has 1 aliphatic heterocycles. The Kier molecular flexibility index (Phi) is 6.61. The lowest BCUT2D eigenvalue weighted by Crippen LogP contribution is -2.23. The molecule has 4 rings (SSSR count). The van der Waals surface area contributed by atoms with Crippen LogP contribution in [0.15, 0.2) is 66.7 Å². The maximum Gasteiger partial charge on any atom is 0.255 e. The van der Waals surface area contributed by atoms with Crippen molar-refractivity contribution in [3.8, 4) is 11.5 Å². The van der Waals surface area contributed by atoms with E-state index in [2.05, 4.69) is 5.32 Å². The Balaban J connectivity index is 1.42. The van der Waals surface area contributed by atoms with E-state index in [4.69, 9.17) is 21.1 Å². The first kappa shape index (κ1) is 21.7. The second kappa shape index (κ2) is 9.75. The van der Waals surface area contributed by atoms with E-state index in [0.717, 1.165) is 24.2 Å². The summed E-state index contributed by atoms with van der Waals surface area (Å²) in [5.41, 5.74) is 2.78. The summed E-state index contributed by atoms with van der Waals surface area (Å²) in [6.45, 7) is 1.02. The average molecular weight is 451 g/mol. The first-order valence-electron chi connectivity index (χ1n) is 10.3. The fraction of sp³-hybridized carbons (Fsp3) is 0.200. The van der Waals surface area contributed by atoms with Crippen molar-refractivity contribution in [2.24, 2.45) is 0 Å². The summed E-state index contributed by atoms with van der Waals surface area (Å²) in [6, 6.07) is 19.7. The molecule has 0 radical (unpaired) electrons. The van der Waals surface area contributed by atoms with Crippen LogP contribution >= 0.6 is 11.6 Å². The van der Waals surface area contributed by atoms with Gasteiger partial charge in [0.2, 0.25) is 5.91 Å². The molecule has 0 bridgehead atoms. The third kappa shape index (κ3) is 4.86. The lowest BCUT2D eigenvalue weighted by molar-refractivity contribution is -0.117. The zero-order chi connectivity index (χ0) is 22.5. The number of carbonyl (C=O) groups excluding carboxylic acids is 2. The number of nitrogens with one attached hydrogen (secondary N) is 1. The van der Waals surface area contributed by atoms with Crippen LogP contribution in [0.25, 0.3) is 0 Å². The van der Waals surface area contributed by atoms with Gasteiger partial charge in [0.1, 0.15) is 6.61 Å². The van der Waals surface area contributed by atoms with Gasteiger partial charge in [0.05, 0.1) is 7.11 Å². The molecule has 1 N–H and O–H groups in total. The molecule has 3 aromatic carbocycles. The number of anilines is 2. The molecule has 32 heavy (non-hydrogen) atoms. The van der Waals surface area contributed by atoms with E-state index < -0.39 is 0 Å². The molecule has 164 valence electrons. The highest BCUT2D eigenvalue weighted by molar-refractivity contribution is 6.31. The Morgan fingerprint density at radius 1 is 1.06 bits per heavy atom. The molecule has 0 atom stereocenters. The van der Waals surface area contributed by atoms with Crippen molar-refractivity contribution in [1.29, 1.82) is 0 Å². The maximum atomic E-state index is 12.7. The summed E-state index contributed by atoms with van der Waals surface area (Å²) in [5, 5.41) is 3.49. The van der Waals surface area contributed by atoms with E-state index in [-0.39, 0.29) is 18.4 Å². The molecule has 1 aliphatic rings. The summed E-state index contributed by atoms with van der Waals surface area (Å²) in [4.78, 5) is 26.4. The van der Waals surface area contributed by atoms with E-state index >= 15 is 0 Å². The zero-order valence-electron chi connectivity index (χ0n) is 17.6. The van der Waals surface area contributed by atoms with Crippen LogP contribution in [0.5, 0.6) is 11.5 Å². The van der Waals surface area contributed by atoms with E-state index in [1.54, 1.807) is 41.3 Å². The van der Waals surface area contributed by atoms with Crippen LogP contribution in [0.4, 0.5) is 11.4 Å². The molecule has 0 spiro atoms. The molecule has 3 aromatic rings. The molecule has 1 saturated heterocycles. The summed E-state index contributed by atoms with van der Waals surface area (Å²) in [7, 11) is 1.53. The maximum absolute atomic E-state index is 12.7. The zero-order valence-corrected chi connectivity index (χ0v) is 18.4. The van der Waals surface area contributed by atoms with Crippen LogP contribution in [-0.2, 0) is 11.4 Å². The number of ether oxygens (including phenoxy) is 2. The number of carbonyl (C=O) groups is 2. The van der Waals surface area contributed by atoms with Gasteiger partial charge in [-0.05, 0) is 55.0 Å². The number of nitrogens with zero attached hydrogens (tertiary/aromatic N) is 1. The van der Waals surface area contributed by atoms with Gasteiger partial charge in [0, 0.05) is 40.5 Å². The normalized spacial score (nSPS) is 13.2. The van der Waals surface area contributed by atoms with Crippen molar-refractivity contribution in [3.05, 3.63) is 82.9 Å². The summed E-state index contributed by atoms with van der Waals surface area (Å²) >= 11 is 6.18. The first-order chi connectivity index (χ1) is 15.5. The van der Waals surface area contributed by atoms with Crippen LogP contribution in [0.2, 0.25) is 5.02 Å². The number of benzene rings is 3. The second-order valence-corrected chi connectivity index (χ2v) is 7.80. The van der Waals surface area contributed by atoms with Gasteiger partial charge in [-0.2, -0.15) is 0 Å². The average Bonchev–Trinajstić information content (AvgIpc) is 3.24. The quantitative estimate of drug-likeness (QED) is 0.530. The fourth-order valence-electron chi connectivity index (χ4n) is 3.55. The number of hydrogen-bond acceptors (Lipinski definition) is 4. The van der Waals surface area contributed by atoms with Gasteiger partial charge in [0.25, 0.3) is 5.91 Å². The lowest BCUT2D eigenvalue weighted by Gasteiger charge is -2.16. The molecule has 1 heterocycles. The van der Waals surface area contributed by atoms with Crippen molar-refractivity contribution in [2.45, 2.75) is 19.4 Å². The van der Waals surface area contributed by atoms with E-state index in [9.17, 15) is 9.59 Å². The topological polar surface area (TPSA) is 67.9 Å². The van der Waals surface area contributed by atoms with Gasteiger partial charge < -0.3 is 19.7 Å². The smallest absolute Gasteiger partial charge is 0.255 e. The predicted octanol–water partition coefficient (Wildman–Crippen LogP) is 5.31. The SMILES string of the molecule is COc1cc(C(=O)Nc2ccc(N3CCCC3=O)cc2)ccc1OCc1ccccc1Cl. The molecule has 0 unspecified atom stereocenters. The Morgan fingerprint density at radius 2 is 1.84 bits per heavy atom. The van der Waals surface area contributed by atoms with E-state index in [1.165, 1.54) is 7.11 Å². The minimum atomic E-state index is -0.272. The van der Waals surface area contributed by atoms with Crippen LogP contribution in [-0.4, -0.2) is 25.5 Å². The summed E-state index contributed by atoms with van der Waals surface area (Å²) < 4.78 is 11.3.